The molecule has 0 unspecified atom stereocenters. The molecule has 4 rings (SSSR count). The second kappa shape index (κ2) is 6.84. The standard InChI is InChI=1S/C20H17N3O3/c1-13-22-23-19(25-13)12-18(24)21-20(14-7-3-2-4-8-14)17-11-15-9-5-6-10-16(15)26-17/h2-11,20H,12H2,1H3,(H,21,24)/t20-/m1/s1. The number of aromatic nitrogens is 2. The molecule has 0 bridgehead atoms. The first-order chi connectivity index (χ1) is 12.7. The molecule has 2 heterocycles. The summed E-state index contributed by atoms with van der Waals surface area (Å²) in [7, 11) is 0. The lowest BCUT2D eigenvalue weighted by Gasteiger charge is -2.16. The van der Waals surface area contributed by atoms with E-state index >= 15 is 0 Å². The number of carbonyl (C=O) groups is 1. The second-order valence-electron chi connectivity index (χ2n) is 5.99. The van der Waals surface area contributed by atoms with Gasteiger partial charge in [-0.25, -0.2) is 0 Å². The van der Waals surface area contributed by atoms with Crippen LogP contribution >= 0.6 is 0 Å². The minimum atomic E-state index is -0.403. The van der Waals surface area contributed by atoms with Crippen LogP contribution in [0, 0.1) is 6.92 Å². The van der Waals surface area contributed by atoms with Gasteiger partial charge in [0.1, 0.15) is 23.8 Å². The predicted octanol–water partition coefficient (Wildman–Crippen LogP) is 3.57. The van der Waals surface area contributed by atoms with Crippen molar-refractivity contribution in [3.05, 3.63) is 83.8 Å². The van der Waals surface area contributed by atoms with Crippen LogP contribution in [-0.2, 0) is 11.2 Å². The highest BCUT2D eigenvalue weighted by atomic mass is 16.4. The maximum Gasteiger partial charge on any atom is 0.230 e. The molecular weight excluding hydrogens is 330 g/mol. The summed E-state index contributed by atoms with van der Waals surface area (Å²) in [6.45, 7) is 1.69. The predicted molar refractivity (Wildman–Crippen MR) is 95.4 cm³/mol. The molecule has 0 aliphatic carbocycles. The summed E-state index contributed by atoms with van der Waals surface area (Å²) >= 11 is 0. The zero-order chi connectivity index (χ0) is 17.9. The number of nitrogens with zero attached hydrogens (tertiary/aromatic N) is 2. The van der Waals surface area contributed by atoms with Crippen molar-refractivity contribution >= 4 is 16.9 Å². The first-order valence-corrected chi connectivity index (χ1v) is 8.31. The third-order valence-electron chi connectivity index (χ3n) is 4.05. The molecule has 6 heteroatoms. The molecule has 0 aliphatic rings. The van der Waals surface area contributed by atoms with E-state index in [2.05, 4.69) is 15.5 Å². The molecule has 4 aromatic rings. The van der Waals surface area contributed by atoms with E-state index in [-0.39, 0.29) is 18.2 Å². The fraction of sp³-hybridized carbons (Fsp3) is 0.150. The molecule has 0 aliphatic heterocycles. The van der Waals surface area contributed by atoms with Crippen LogP contribution in [-0.4, -0.2) is 16.1 Å². The van der Waals surface area contributed by atoms with Gasteiger partial charge in [0.05, 0.1) is 0 Å². The van der Waals surface area contributed by atoms with E-state index < -0.39 is 6.04 Å². The van der Waals surface area contributed by atoms with Crippen LogP contribution in [0.1, 0.15) is 29.1 Å². The number of aryl methyl sites for hydroxylation is 1. The number of hydrogen-bond donors (Lipinski definition) is 1. The number of hydrogen-bond acceptors (Lipinski definition) is 5. The number of rotatable bonds is 5. The highest BCUT2D eigenvalue weighted by molar-refractivity contribution is 5.80. The van der Waals surface area contributed by atoms with Crippen LogP contribution in [0.5, 0.6) is 0 Å². The van der Waals surface area contributed by atoms with E-state index in [1.807, 2.05) is 60.7 Å². The summed E-state index contributed by atoms with van der Waals surface area (Å²) in [6, 6.07) is 19.0. The third-order valence-corrected chi connectivity index (χ3v) is 4.05. The Bertz CT molecular complexity index is 1000. The SMILES string of the molecule is Cc1nnc(CC(=O)N[C@H](c2ccccc2)c2cc3ccccc3o2)o1. The van der Waals surface area contributed by atoms with Crippen molar-refractivity contribution in [1.82, 2.24) is 15.5 Å². The van der Waals surface area contributed by atoms with Crippen molar-refractivity contribution in [2.75, 3.05) is 0 Å². The Morgan fingerprint density at radius 1 is 1.04 bits per heavy atom. The van der Waals surface area contributed by atoms with E-state index in [1.54, 1.807) is 6.92 Å². The molecule has 0 spiro atoms. The summed E-state index contributed by atoms with van der Waals surface area (Å²) in [5.41, 5.74) is 1.71. The first kappa shape index (κ1) is 16.1. The Morgan fingerprint density at radius 2 is 1.81 bits per heavy atom. The van der Waals surface area contributed by atoms with E-state index in [4.69, 9.17) is 8.83 Å². The quantitative estimate of drug-likeness (QED) is 0.597. The van der Waals surface area contributed by atoms with E-state index in [9.17, 15) is 4.79 Å². The van der Waals surface area contributed by atoms with Gasteiger partial charge in [-0.2, -0.15) is 0 Å². The number of benzene rings is 2. The van der Waals surface area contributed by atoms with Gasteiger partial charge in [-0.15, -0.1) is 10.2 Å². The summed E-state index contributed by atoms with van der Waals surface area (Å²) in [6.07, 6.45) is 0.0183. The first-order valence-electron chi connectivity index (χ1n) is 8.31. The molecule has 2 aromatic heterocycles. The number of para-hydroxylation sites is 1. The van der Waals surface area contributed by atoms with Crippen LogP contribution in [0.25, 0.3) is 11.0 Å². The topological polar surface area (TPSA) is 81.2 Å². The Kier molecular flexibility index (Phi) is 4.23. The molecule has 0 radical (unpaired) electrons. The van der Waals surface area contributed by atoms with E-state index in [1.165, 1.54) is 0 Å². The molecule has 130 valence electrons. The molecular formula is C20H17N3O3. The van der Waals surface area contributed by atoms with Crippen LogP contribution in [0.15, 0.2) is 69.5 Å². The smallest absolute Gasteiger partial charge is 0.230 e. The van der Waals surface area contributed by atoms with Crippen LogP contribution in [0.3, 0.4) is 0 Å². The van der Waals surface area contributed by atoms with Gasteiger partial charge in [0.15, 0.2) is 0 Å². The molecule has 2 aromatic carbocycles. The Labute approximate surface area is 149 Å². The van der Waals surface area contributed by atoms with Crippen molar-refractivity contribution in [3.63, 3.8) is 0 Å². The lowest BCUT2D eigenvalue weighted by Crippen LogP contribution is -2.30. The zero-order valence-electron chi connectivity index (χ0n) is 14.2. The number of carbonyl (C=O) groups excluding carboxylic acids is 1. The number of amides is 1. The fourth-order valence-corrected chi connectivity index (χ4v) is 2.87. The van der Waals surface area contributed by atoms with Gasteiger partial charge >= 0.3 is 0 Å². The summed E-state index contributed by atoms with van der Waals surface area (Å²) in [5, 5.41) is 11.6. The lowest BCUT2D eigenvalue weighted by atomic mass is 10.0. The highest BCUT2D eigenvalue weighted by Gasteiger charge is 2.22. The number of furan rings is 1. The van der Waals surface area contributed by atoms with Gasteiger partial charge in [0, 0.05) is 12.3 Å². The zero-order valence-corrected chi connectivity index (χ0v) is 14.2. The Balaban J connectivity index is 1.63. The normalized spacial score (nSPS) is 12.2. The molecule has 26 heavy (non-hydrogen) atoms. The van der Waals surface area contributed by atoms with E-state index in [0.717, 1.165) is 16.5 Å². The van der Waals surface area contributed by atoms with Crippen molar-refractivity contribution in [1.29, 1.82) is 0 Å². The van der Waals surface area contributed by atoms with Crippen LogP contribution in [0.2, 0.25) is 0 Å². The molecule has 1 amide bonds. The second-order valence-corrected chi connectivity index (χ2v) is 5.99. The summed E-state index contributed by atoms with van der Waals surface area (Å²) < 4.78 is 11.3. The summed E-state index contributed by atoms with van der Waals surface area (Å²) in [5.74, 6) is 1.18. The maximum atomic E-state index is 12.5. The molecule has 6 nitrogen and oxygen atoms in total. The molecule has 0 saturated heterocycles. The lowest BCUT2D eigenvalue weighted by molar-refractivity contribution is -0.121. The fourth-order valence-electron chi connectivity index (χ4n) is 2.87. The third kappa shape index (κ3) is 3.35. The minimum Gasteiger partial charge on any atom is -0.459 e. The van der Waals surface area contributed by atoms with Crippen molar-refractivity contribution in [2.24, 2.45) is 0 Å². The van der Waals surface area contributed by atoms with Crippen LogP contribution in [0.4, 0.5) is 0 Å². The molecule has 0 saturated carbocycles. The molecule has 0 fully saturated rings. The van der Waals surface area contributed by atoms with Gasteiger partial charge in [-0.3, -0.25) is 4.79 Å². The average molecular weight is 347 g/mol. The van der Waals surface area contributed by atoms with Crippen LogP contribution < -0.4 is 5.32 Å². The molecule has 1 N–H and O–H groups in total. The Morgan fingerprint density at radius 3 is 2.54 bits per heavy atom. The van der Waals surface area contributed by atoms with Gasteiger partial charge in [-0.1, -0.05) is 48.5 Å². The maximum absolute atomic E-state index is 12.5. The van der Waals surface area contributed by atoms with E-state index in [0.29, 0.717) is 11.7 Å². The molecule has 1 atom stereocenters. The monoisotopic (exact) mass is 347 g/mol. The largest absolute Gasteiger partial charge is 0.459 e. The minimum absolute atomic E-state index is 0.0183. The Hall–Kier alpha value is -3.41. The van der Waals surface area contributed by atoms with Gasteiger partial charge < -0.3 is 14.2 Å². The van der Waals surface area contributed by atoms with Gasteiger partial charge in [0.25, 0.3) is 0 Å². The average Bonchev–Trinajstić information content (AvgIpc) is 3.26. The van der Waals surface area contributed by atoms with Gasteiger partial charge in [0.2, 0.25) is 17.7 Å². The number of nitrogens with one attached hydrogen (secondary N) is 1. The number of fused-ring (bicyclic) bond motifs is 1. The van der Waals surface area contributed by atoms with Crippen molar-refractivity contribution < 1.29 is 13.6 Å². The highest BCUT2D eigenvalue weighted by Crippen LogP contribution is 2.28. The van der Waals surface area contributed by atoms with Crippen molar-refractivity contribution in [2.45, 2.75) is 19.4 Å². The summed E-state index contributed by atoms with van der Waals surface area (Å²) in [4.78, 5) is 12.5. The van der Waals surface area contributed by atoms with Gasteiger partial charge in [-0.05, 0) is 17.7 Å². The van der Waals surface area contributed by atoms with Crippen molar-refractivity contribution in [3.8, 4) is 0 Å².